The molecule has 0 aliphatic rings. The van der Waals surface area contributed by atoms with Crippen molar-refractivity contribution in [1.29, 1.82) is 0 Å². The maximum absolute atomic E-state index is 13.9. The first-order valence-electron chi connectivity index (χ1n) is 5.42. The summed E-state index contributed by atoms with van der Waals surface area (Å²) in [7, 11) is 0. The zero-order valence-electron chi connectivity index (χ0n) is 10.0. The van der Waals surface area contributed by atoms with Gasteiger partial charge in [0.2, 0.25) is 5.28 Å². The summed E-state index contributed by atoms with van der Waals surface area (Å²) in [6, 6.07) is 3.33. The molecule has 8 heteroatoms. The summed E-state index contributed by atoms with van der Waals surface area (Å²) >= 11 is 8.65. The first-order valence-corrected chi connectivity index (χ1v) is 7.84. The molecule has 2 heterocycles. The van der Waals surface area contributed by atoms with Crippen molar-refractivity contribution in [2.45, 2.75) is 4.34 Å². The molecule has 0 aliphatic heterocycles. The number of aromatic nitrogens is 3. The largest absolute Gasteiger partial charge is 0.225 e. The zero-order chi connectivity index (χ0) is 14.3. The SMILES string of the molecule is CSc1nc2nc(Cl)nc(-c3ccc(F)cc3F)c2s1. The normalized spacial score (nSPS) is 11.2. The molecule has 0 unspecified atom stereocenters. The first-order chi connectivity index (χ1) is 9.58. The summed E-state index contributed by atoms with van der Waals surface area (Å²) in [6.07, 6.45) is 1.88. The van der Waals surface area contributed by atoms with Gasteiger partial charge in [-0.05, 0) is 30.0 Å². The van der Waals surface area contributed by atoms with Gasteiger partial charge in [0.1, 0.15) is 16.3 Å². The van der Waals surface area contributed by atoms with Crippen molar-refractivity contribution < 1.29 is 8.78 Å². The molecule has 1 aromatic carbocycles. The van der Waals surface area contributed by atoms with Gasteiger partial charge in [0.15, 0.2) is 9.99 Å². The van der Waals surface area contributed by atoms with Gasteiger partial charge in [0.05, 0.1) is 5.69 Å². The van der Waals surface area contributed by atoms with E-state index in [4.69, 9.17) is 11.6 Å². The summed E-state index contributed by atoms with van der Waals surface area (Å²) in [5, 5.41) is -0.0193. The molecule has 2 aromatic heterocycles. The van der Waals surface area contributed by atoms with Crippen molar-refractivity contribution in [1.82, 2.24) is 15.0 Å². The van der Waals surface area contributed by atoms with Gasteiger partial charge in [0.25, 0.3) is 0 Å². The van der Waals surface area contributed by atoms with Crippen LogP contribution in [0.5, 0.6) is 0 Å². The van der Waals surface area contributed by atoms with Crippen molar-refractivity contribution in [2.75, 3.05) is 6.26 Å². The summed E-state index contributed by atoms with van der Waals surface area (Å²) in [5.41, 5.74) is 0.922. The Morgan fingerprint density at radius 1 is 1.20 bits per heavy atom. The van der Waals surface area contributed by atoms with E-state index in [1.807, 2.05) is 6.26 Å². The number of hydrogen-bond acceptors (Lipinski definition) is 5. The van der Waals surface area contributed by atoms with Crippen molar-refractivity contribution in [3.05, 3.63) is 35.1 Å². The standard InChI is InChI=1S/C12H6ClF2N3S2/c1-19-12-18-10-9(20-12)8(16-11(13)17-10)6-3-2-5(14)4-7(6)15/h2-4H,1H3. The van der Waals surface area contributed by atoms with Gasteiger partial charge in [-0.25, -0.2) is 18.7 Å². The molecule has 0 fully saturated rings. The molecule has 0 saturated carbocycles. The molecule has 20 heavy (non-hydrogen) atoms. The second kappa shape index (κ2) is 5.23. The summed E-state index contributed by atoms with van der Waals surface area (Å²) in [5.74, 6) is -1.34. The van der Waals surface area contributed by atoms with Crippen LogP contribution in [0.1, 0.15) is 0 Å². The van der Waals surface area contributed by atoms with Gasteiger partial charge in [-0.2, -0.15) is 4.98 Å². The molecule has 0 amide bonds. The third kappa shape index (κ3) is 2.36. The van der Waals surface area contributed by atoms with Crippen LogP contribution >= 0.6 is 34.7 Å². The van der Waals surface area contributed by atoms with E-state index in [1.54, 1.807) is 0 Å². The highest BCUT2D eigenvalue weighted by Gasteiger charge is 2.17. The van der Waals surface area contributed by atoms with Gasteiger partial charge >= 0.3 is 0 Å². The summed E-state index contributed by atoms with van der Waals surface area (Å²) in [6.45, 7) is 0. The Balaban J connectivity index is 2.31. The molecule has 0 N–H and O–H groups in total. The summed E-state index contributed by atoms with van der Waals surface area (Å²) in [4.78, 5) is 12.4. The zero-order valence-corrected chi connectivity index (χ0v) is 12.4. The van der Waals surface area contributed by atoms with E-state index < -0.39 is 11.6 Å². The van der Waals surface area contributed by atoms with Crippen LogP contribution in [0.2, 0.25) is 5.28 Å². The average molecular weight is 330 g/mol. The number of fused-ring (bicyclic) bond motifs is 1. The topological polar surface area (TPSA) is 38.7 Å². The summed E-state index contributed by atoms with van der Waals surface area (Å²) < 4.78 is 28.3. The minimum atomic E-state index is -0.694. The van der Waals surface area contributed by atoms with Crippen LogP contribution in [0.15, 0.2) is 22.5 Å². The fourth-order valence-electron chi connectivity index (χ4n) is 1.73. The van der Waals surface area contributed by atoms with Crippen LogP contribution in [0.25, 0.3) is 21.6 Å². The van der Waals surface area contributed by atoms with Gasteiger partial charge in [-0.15, -0.1) is 11.3 Å². The van der Waals surface area contributed by atoms with E-state index in [0.29, 0.717) is 16.0 Å². The highest BCUT2D eigenvalue weighted by atomic mass is 35.5. The van der Waals surface area contributed by atoms with E-state index in [9.17, 15) is 8.78 Å². The van der Waals surface area contributed by atoms with E-state index in [-0.39, 0.29) is 10.8 Å². The smallest absolute Gasteiger partial charge is 0.216 e. The predicted molar refractivity (Wildman–Crippen MR) is 77.4 cm³/mol. The molecule has 0 aliphatic carbocycles. The molecule has 102 valence electrons. The van der Waals surface area contributed by atoms with E-state index in [1.165, 1.54) is 35.2 Å². The Morgan fingerprint density at radius 3 is 2.70 bits per heavy atom. The van der Waals surface area contributed by atoms with Gasteiger partial charge in [-0.3, -0.25) is 0 Å². The number of nitrogens with zero attached hydrogens (tertiary/aromatic N) is 3. The molecule has 0 atom stereocenters. The second-order valence-electron chi connectivity index (χ2n) is 3.80. The maximum Gasteiger partial charge on any atom is 0.225 e. The fourth-order valence-corrected chi connectivity index (χ4v) is 3.40. The van der Waals surface area contributed by atoms with Crippen molar-refractivity contribution in [3.63, 3.8) is 0 Å². The average Bonchev–Trinajstić information content (AvgIpc) is 2.81. The maximum atomic E-state index is 13.9. The number of thioether (sulfide) groups is 1. The van der Waals surface area contributed by atoms with E-state index in [2.05, 4.69) is 15.0 Å². The Morgan fingerprint density at radius 2 is 2.00 bits per heavy atom. The molecule has 0 spiro atoms. The fraction of sp³-hybridized carbons (Fsp3) is 0.0833. The Hall–Kier alpha value is -1.31. The molecule has 0 bridgehead atoms. The van der Waals surface area contributed by atoms with Crippen LogP contribution in [0.3, 0.4) is 0 Å². The number of hydrogen-bond donors (Lipinski definition) is 0. The molecule has 3 rings (SSSR count). The quantitative estimate of drug-likeness (QED) is 0.516. The predicted octanol–water partition coefficient (Wildman–Crippen LogP) is 4.41. The molecular weight excluding hydrogens is 324 g/mol. The second-order valence-corrected chi connectivity index (χ2v) is 6.19. The van der Waals surface area contributed by atoms with Crippen LogP contribution in [0, 0.1) is 11.6 Å². The number of benzene rings is 1. The monoisotopic (exact) mass is 329 g/mol. The Labute approximate surface area is 126 Å². The number of thiazole rings is 1. The van der Waals surface area contributed by atoms with Gasteiger partial charge in [0, 0.05) is 11.6 Å². The van der Waals surface area contributed by atoms with Crippen molar-refractivity contribution in [2.24, 2.45) is 0 Å². The third-order valence-electron chi connectivity index (χ3n) is 2.57. The van der Waals surface area contributed by atoms with Crippen LogP contribution in [-0.2, 0) is 0 Å². The highest BCUT2D eigenvalue weighted by Crippen LogP contribution is 2.35. The molecule has 3 aromatic rings. The van der Waals surface area contributed by atoms with Gasteiger partial charge in [-0.1, -0.05) is 11.8 Å². The van der Waals surface area contributed by atoms with E-state index >= 15 is 0 Å². The first kappa shape index (κ1) is 13.7. The van der Waals surface area contributed by atoms with Crippen molar-refractivity contribution >= 4 is 45.0 Å². The lowest BCUT2D eigenvalue weighted by atomic mass is 10.1. The minimum absolute atomic E-state index is 0.0193. The third-order valence-corrected chi connectivity index (χ3v) is 4.77. The van der Waals surface area contributed by atoms with E-state index in [0.717, 1.165) is 10.4 Å². The number of halogens is 3. The lowest BCUT2D eigenvalue weighted by Gasteiger charge is -2.03. The highest BCUT2D eigenvalue weighted by molar-refractivity contribution is 8.00. The lowest BCUT2D eigenvalue weighted by molar-refractivity contribution is 0.585. The van der Waals surface area contributed by atoms with Crippen LogP contribution < -0.4 is 0 Å². The molecule has 0 saturated heterocycles. The van der Waals surface area contributed by atoms with Crippen LogP contribution in [0.4, 0.5) is 8.78 Å². The molecule has 0 radical (unpaired) electrons. The minimum Gasteiger partial charge on any atom is -0.216 e. The van der Waals surface area contributed by atoms with Crippen molar-refractivity contribution in [3.8, 4) is 11.3 Å². The Kier molecular flexibility index (Phi) is 3.57. The van der Waals surface area contributed by atoms with Gasteiger partial charge < -0.3 is 0 Å². The Bertz CT molecular complexity index is 807. The molecule has 3 nitrogen and oxygen atoms in total. The number of rotatable bonds is 2. The molecular formula is C12H6ClF2N3S2. The van der Waals surface area contributed by atoms with Crippen LogP contribution in [-0.4, -0.2) is 21.2 Å². The lowest BCUT2D eigenvalue weighted by Crippen LogP contribution is -1.92.